The van der Waals surface area contributed by atoms with Crippen LogP contribution in [-0.4, -0.2) is 56.5 Å². The molecule has 0 N–H and O–H groups in total. The molecule has 1 aromatic carbocycles. The summed E-state index contributed by atoms with van der Waals surface area (Å²) in [6, 6.07) is 11.0. The van der Waals surface area contributed by atoms with Gasteiger partial charge in [-0.2, -0.15) is 0 Å². The van der Waals surface area contributed by atoms with Gasteiger partial charge >= 0.3 is 0 Å². The van der Waals surface area contributed by atoms with Crippen molar-refractivity contribution < 1.29 is 14.3 Å². The number of thiophene rings is 1. The lowest BCUT2D eigenvalue weighted by molar-refractivity contribution is 0.0664. The maximum absolute atomic E-state index is 12.6. The first-order valence-electron chi connectivity index (χ1n) is 9.89. The first kappa shape index (κ1) is 19.5. The highest BCUT2D eigenvalue weighted by Gasteiger charge is 2.34. The molecule has 30 heavy (non-hydrogen) atoms. The smallest absolute Gasteiger partial charge is 0.261 e. The van der Waals surface area contributed by atoms with Crippen molar-refractivity contribution in [1.82, 2.24) is 19.7 Å². The Hall–Kier alpha value is -2.49. The molecule has 2 aliphatic heterocycles. The van der Waals surface area contributed by atoms with Crippen molar-refractivity contribution in [3.8, 4) is 10.7 Å². The second kappa shape index (κ2) is 8.33. The van der Waals surface area contributed by atoms with Gasteiger partial charge in [-0.3, -0.25) is 19.1 Å². The summed E-state index contributed by atoms with van der Waals surface area (Å²) in [7, 11) is 0. The Morgan fingerprint density at radius 3 is 2.57 bits per heavy atom. The van der Waals surface area contributed by atoms with Crippen molar-refractivity contribution in [1.29, 1.82) is 0 Å². The number of carbonyl (C=O) groups excluding carboxylic acids is 2. The van der Waals surface area contributed by atoms with E-state index >= 15 is 0 Å². The van der Waals surface area contributed by atoms with Crippen molar-refractivity contribution in [3.05, 3.63) is 52.9 Å². The first-order chi connectivity index (χ1) is 14.7. The second-order valence-electron chi connectivity index (χ2n) is 7.19. The fourth-order valence-electron chi connectivity index (χ4n) is 3.81. The van der Waals surface area contributed by atoms with Gasteiger partial charge in [0, 0.05) is 18.9 Å². The topological polar surface area (TPSA) is 77.3 Å². The molecular formula is C21H20N4O3S2. The van der Waals surface area contributed by atoms with Crippen molar-refractivity contribution in [2.24, 2.45) is 0 Å². The highest BCUT2D eigenvalue weighted by atomic mass is 32.2. The standard InChI is InChI=1S/C21H20N4O3S2/c26-19-15-6-1-2-7-16(15)20(27)24(19)9-12-30-21-23-22-18(17-8-4-11-29-17)25(21)13-14-5-3-10-28-14/h1-2,4,6-8,11,14H,3,5,9-10,12-13H2. The molecule has 1 fully saturated rings. The summed E-state index contributed by atoms with van der Waals surface area (Å²) in [5.74, 6) is 0.941. The monoisotopic (exact) mass is 440 g/mol. The van der Waals surface area contributed by atoms with E-state index in [0.29, 0.717) is 30.0 Å². The number of fused-ring (bicyclic) bond motifs is 1. The van der Waals surface area contributed by atoms with Crippen LogP contribution in [-0.2, 0) is 11.3 Å². The van der Waals surface area contributed by atoms with E-state index < -0.39 is 0 Å². The number of amides is 2. The van der Waals surface area contributed by atoms with Gasteiger partial charge in [-0.15, -0.1) is 21.5 Å². The Morgan fingerprint density at radius 1 is 1.10 bits per heavy atom. The number of imide groups is 1. The Bertz CT molecular complexity index is 1040. The Morgan fingerprint density at radius 2 is 1.90 bits per heavy atom. The van der Waals surface area contributed by atoms with Crippen LogP contribution in [0.1, 0.15) is 33.6 Å². The minimum absolute atomic E-state index is 0.162. The van der Waals surface area contributed by atoms with Crippen LogP contribution in [0.3, 0.4) is 0 Å². The van der Waals surface area contributed by atoms with Crippen LogP contribution in [0.15, 0.2) is 46.9 Å². The number of aromatic nitrogens is 3. The molecule has 1 unspecified atom stereocenters. The number of carbonyl (C=O) groups is 2. The highest BCUT2D eigenvalue weighted by Crippen LogP contribution is 2.30. The molecule has 0 aliphatic carbocycles. The molecule has 0 radical (unpaired) electrons. The van der Waals surface area contributed by atoms with Gasteiger partial charge < -0.3 is 4.74 Å². The number of benzene rings is 1. The van der Waals surface area contributed by atoms with E-state index in [0.717, 1.165) is 35.3 Å². The molecule has 154 valence electrons. The van der Waals surface area contributed by atoms with E-state index in [9.17, 15) is 9.59 Å². The summed E-state index contributed by atoms with van der Waals surface area (Å²) in [5.41, 5.74) is 0.961. The third-order valence-electron chi connectivity index (χ3n) is 5.29. The van der Waals surface area contributed by atoms with Gasteiger partial charge in [-0.25, -0.2) is 0 Å². The molecular weight excluding hydrogens is 420 g/mol. The van der Waals surface area contributed by atoms with Crippen molar-refractivity contribution in [2.75, 3.05) is 18.9 Å². The zero-order valence-corrected chi connectivity index (χ0v) is 17.8. The lowest BCUT2D eigenvalue weighted by Crippen LogP contribution is -2.31. The Kier molecular flexibility index (Phi) is 5.41. The maximum atomic E-state index is 12.6. The molecule has 0 spiro atoms. The molecule has 4 heterocycles. The van der Waals surface area contributed by atoms with Gasteiger partial charge in [0.1, 0.15) is 0 Å². The molecule has 5 rings (SSSR count). The van der Waals surface area contributed by atoms with Crippen LogP contribution in [0, 0.1) is 0 Å². The summed E-state index contributed by atoms with van der Waals surface area (Å²) in [5, 5.41) is 11.6. The molecule has 2 amide bonds. The minimum Gasteiger partial charge on any atom is -0.376 e. The third kappa shape index (κ3) is 3.57. The fraction of sp³-hybridized carbons (Fsp3) is 0.333. The molecule has 1 atom stereocenters. The van der Waals surface area contributed by atoms with E-state index in [2.05, 4.69) is 14.8 Å². The van der Waals surface area contributed by atoms with Crippen LogP contribution in [0.25, 0.3) is 10.7 Å². The zero-order valence-electron chi connectivity index (χ0n) is 16.2. The molecule has 2 aliphatic rings. The van der Waals surface area contributed by atoms with Crippen molar-refractivity contribution in [2.45, 2.75) is 30.6 Å². The molecule has 1 saturated heterocycles. The first-order valence-corrected chi connectivity index (χ1v) is 11.8. The predicted molar refractivity (Wildman–Crippen MR) is 115 cm³/mol. The highest BCUT2D eigenvalue weighted by molar-refractivity contribution is 7.99. The summed E-state index contributed by atoms with van der Waals surface area (Å²) in [6.45, 7) is 1.83. The van der Waals surface area contributed by atoms with Gasteiger partial charge in [0.15, 0.2) is 11.0 Å². The molecule has 3 aromatic rings. The largest absolute Gasteiger partial charge is 0.376 e. The van der Waals surface area contributed by atoms with E-state index in [4.69, 9.17) is 4.74 Å². The van der Waals surface area contributed by atoms with E-state index in [-0.39, 0.29) is 17.9 Å². The van der Waals surface area contributed by atoms with Gasteiger partial charge in [-0.05, 0) is 36.4 Å². The van der Waals surface area contributed by atoms with Crippen LogP contribution < -0.4 is 0 Å². The summed E-state index contributed by atoms with van der Waals surface area (Å²) in [4.78, 5) is 27.5. The average molecular weight is 441 g/mol. The zero-order chi connectivity index (χ0) is 20.5. The quantitative estimate of drug-likeness (QED) is 0.413. The van der Waals surface area contributed by atoms with Crippen molar-refractivity contribution >= 4 is 34.9 Å². The Balaban J connectivity index is 1.30. The lowest BCUT2D eigenvalue weighted by atomic mass is 10.1. The normalized spacial score (nSPS) is 18.4. The van der Waals surface area contributed by atoms with E-state index in [1.54, 1.807) is 35.6 Å². The number of hydrogen-bond acceptors (Lipinski definition) is 7. The third-order valence-corrected chi connectivity index (χ3v) is 7.11. The van der Waals surface area contributed by atoms with Crippen molar-refractivity contribution in [3.63, 3.8) is 0 Å². The summed E-state index contributed by atoms with van der Waals surface area (Å²) in [6.07, 6.45) is 2.26. The lowest BCUT2D eigenvalue weighted by Gasteiger charge is -2.15. The van der Waals surface area contributed by atoms with Gasteiger partial charge in [0.05, 0.1) is 28.7 Å². The minimum atomic E-state index is -0.226. The second-order valence-corrected chi connectivity index (χ2v) is 9.19. The van der Waals surface area contributed by atoms with Crippen LogP contribution in [0.4, 0.5) is 0 Å². The molecule has 7 nitrogen and oxygen atoms in total. The predicted octanol–water partition coefficient (Wildman–Crippen LogP) is 3.57. The van der Waals surface area contributed by atoms with Gasteiger partial charge in [0.2, 0.25) is 0 Å². The van der Waals surface area contributed by atoms with Gasteiger partial charge in [-0.1, -0.05) is 30.0 Å². The number of thioether (sulfide) groups is 1. The van der Waals surface area contributed by atoms with Crippen LogP contribution in [0.2, 0.25) is 0 Å². The van der Waals surface area contributed by atoms with E-state index in [1.807, 2.05) is 17.5 Å². The molecule has 0 saturated carbocycles. The SMILES string of the molecule is O=C1c2ccccc2C(=O)N1CCSc1nnc(-c2cccs2)n1CC1CCCO1. The van der Waals surface area contributed by atoms with E-state index in [1.165, 1.54) is 16.7 Å². The fourth-order valence-corrected chi connectivity index (χ4v) is 5.40. The number of nitrogens with zero attached hydrogens (tertiary/aromatic N) is 4. The summed E-state index contributed by atoms with van der Waals surface area (Å²) >= 11 is 3.14. The summed E-state index contributed by atoms with van der Waals surface area (Å²) < 4.78 is 7.93. The molecule has 9 heteroatoms. The average Bonchev–Trinajstić information content (AvgIpc) is 3.55. The Labute approximate surface area is 182 Å². The number of rotatable bonds is 7. The molecule has 0 bridgehead atoms. The number of ether oxygens (including phenoxy) is 1. The van der Waals surface area contributed by atoms with Crippen LogP contribution >= 0.6 is 23.1 Å². The molecule has 2 aromatic heterocycles. The maximum Gasteiger partial charge on any atom is 0.261 e. The van der Waals surface area contributed by atoms with Gasteiger partial charge in [0.25, 0.3) is 11.8 Å². The number of hydrogen-bond donors (Lipinski definition) is 0. The van der Waals surface area contributed by atoms with Crippen LogP contribution in [0.5, 0.6) is 0 Å².